The number of halogens is 3. The van der Waals surface area contributed by atoms with Crippen LogP contribution in [0.2, 0.25) is 0 Å². The predicted octanol–water partition coefficient (Wildman–Crippen LogP) is 3.59. The van der Waals surface area contributed by atoms with Crippen LogP contribution < -0.4 is 10.2 Å². The lowest BCUT2D eigenvalue weighted by Crippen LogP contribution is -2.33. The van der Waals surface area contributed by atoms with Gasteiger partial charge in [-0.15, -0.1) is 0 Å². The third kappa shape index (κ3) is 4.13. The van der Waals surface area contributed by atoms with Gasteiger partial charge < -0.3 is 14.6 Å². The number of nitrogens with one attached hydrogen (secondary N) is 1. The number of benzene rings is 2. The zero-order chi connectivity index (χ0) is 23.0. The molecule has 1 saturated heterocycles. The van der Waals surface area contributed by atoms with Crippen molar-refractivity contribution < 1.29 is 32.0 Å². The fourth-order valence-electron chi connectivity index (χ4n) is 3.35. The first kappa shape index (κ1) is 21.3. The van der Waals surface area contributed by atoms with Crippen LogP contribution in [0.1, 0.15) is 12.8 Å². The molecule has 0 aliphatic carbocycles. The highest BCUT2D eigenvalue weighted by Crippen LogP contribution is 2.33. The normalized spacial score (nSPS) is 15.7. The minimum Gasteiger partial charge on any atom is -0.442 e. The van der Waals surface area contributed by atoms with Crippen molar-refractivity contribution in [2.24, 2.45) is 0 Å². The summed E-state index contributed by atoms with van der Waals surface area (Å²) in [4.78, 5) is 28.1. The molecule has 1 N–H and O–H groups in total. The van der Waals surface area contributed by atoms with Crippen molar-refractivity contribution in [3.8, 4) is 22.5 Å². The smallest absolute Gasteiger partial charge is 0.414 e. The molecular weight excluding hydrogens is 429 g/mol. The molecule has 0 unspecified atom stereocenters. The van der Waals surface area contributed by atoms with E-state index in [2.05, 4.69) is 15.5 Å². The SMILES string of the molecule is CC(=O)NC[C@H]1CN(c2cc(F)c(-c3ccc(-c4noc(C)n4)c(F)c3)c(F)c2)C(=O)O1. The second kappa shape index (κ2) is 8.33. The Bertz CT molecular complexity index is 1190. The molecule has 0 spiro atoms. The van der Waals surface area contributed by atoms with Gasteiger partial charge in [0.2, 0.25) is 17.6 Å². The average molecular weight is 446 g/mol. The van der Waals surface area contributed by atoms with Gasteiger partial charge >= 0.3 is 6.09 Å². The van der Waals surface area contributed by atoms with E-state index in [1.165, 1.54) is 19.1 Å². The Balaban J connectivity index is 1.60. The second-order valence-corrected chi connectivity index (χ2v) is 7.17. The van der Waals surface area contributed by atoms with E-state index in [1.807, 2.05) is 0 Å². The molecule has 1 aliphatic heterocycles. The number of ether oxygens (including phenoxy) is 1. The molecule has 0 radical (unpaired) electrons. The van der Waals surface area contributed by atoms with Crippen LogP contribution in [0.3, 0.4) is 0 Å². The monoisotopic (exact) mass is 446 g/mol. The maximum absolute atomic E-state index is 14.8. The Morgan fingerprint density at radius 2 is 1.91 bits per heavy atom. The van der Waals surface area contributed by atoms with Gasteiger partial charge in [0.05, 0.1) is 29.9 Å². The summed E-state index contributed by atoms with van der Waals surface area (Å²) in [6.07, 6.45) is -1.45. The lowest BCUT2D eigenvalue weighted by molar-refractivity contribution is -0.119. The summed E-state index contributed by atoms with van der Waals surface area (Å²) in [5.41, 5.74) is -0.530. The van der Waals surface area contributed by atoms with E-state index < -0.39 is 35.2 Å². The number of amides is 2. The molecule has 2 amide bonds. The quantitative estimate of drug-likeness (QED) is 0.643. The number of cyclic esters (lactones) is 1. The van der Waals surface area contributed by atoms with E-state index in [0.717, 1.165) is 23.1 Å². The summed E-state index contributed by atoms with van der Waals surface area (Å²) >= 11 is 0. The molecule has 0 saturated carbocycles. The van der Waals surface area contributed by atoms with Crippen LogP contribution >= 0.6 is 0 Å². The number of carbonyl (C=O) groups is 2. The summed E-state index contributed by atoms with van der Waals surface area (Å²) in [5.74, 6) is -2.79. The van der Waals surface area contributed by atoms with E-state index in [4.69, 9.17) is 9.26 Å². The zero-order valence-corrected chi connectivity index (χ0v) is 17.0. The summed E-state index contributed by atoms with van der Waals surface area (Å²) in [6.45, 7) is 2.95. The van der Waals surface area contributed by atoms with Gasteiger partial charge in [-0.3, -0.25) is 9.69 Å². The van der Waals surface area contributed by atoms with Crippen molar-refractivity contribution in [2.75, 3.05) is 18.0 Å². The Morgan fingerprint density at radius 3 is 2.50 bits per heavy atom. The molecule has 0 bridgehead atoms. The van der Waals surface area contributed by atoms with Crippen LogP contribution in [0.5, 0.6) is 0 Å². The van der Waals surface area contributed by atoms with E-state index in [0.29, 0.717) is 0 Å². The van der Waals surface area contributed by atoms with Gasteiger partial charge in [-0.05, 0) is 29.8 Å². The summed E-state index contributed by atoms with van der Waals surface area (Å²) in [7, 11) is 0. The Labute approximate surface area is 180 Å². The van der Waals surface area contributed by atoms with Crippen molar-refractivity contribution in [1.29, 1.82) is 0 Å². The van der Waals surface area contributed by atoms with E-state index >= 15 is 0 Å². The summed E-state index contributed by atoms with van der Waals surface area (Å²) < 4.78 is 54.2. The van der Waals surface area contributed by atoms with Crippen LogP contribution in [0, 0.1) is 24.4 Å². The Morgan fingerprint density at radius 1 is 1.19 bits per heavy atom. The largest absolute Gasteiger partial charge is 0.442 e. The summed E-state index contributed by atoms with van der Waals surface area (Å²) in [5, 5.41) is 6.14. The number of rotatable bonds is 5. The lowest BCUT2D eigenvalue weighted by Gasteiger charge is -2.15. The molecule has 1 aliphatic rings. The minimum absolute atomic E-state index is 0.00474. The topological polar surface area (TPSA) is 97.6 Å². The number of anilines is 1. The fraction of sp³-hybridized carbons (Fsp3) is 0.238. The molecule has 32 heavy (non-hydrogen) atoms. The Hall–Kier alpha value is -3.89. The first-order chi connectivity index (χ1) is 15.2. The van der Waals surface area contributed by atoms with Gasteiger partial charge in [0.1, 0.15) is 23.6 Å². The number of nitrogens with zero attached hydrogens (tertiary/aromatic N) is 3. The fourth-order valence-corrected chi connectivity index (χ4v) is 3.35. The molecule has 1 aromatic heterocycles. The zero-order valence-electron chi connectivity index (χ0n) is 17.0. The van der Waals surface area contributed by atoms with Crippen LogP contribution in [0.25, 0.3) is 22.5 Å². The molecule has 2 aromatic carbocycles. The average Bonchev–Trinajstić information content (AvgIpc) is 3.31. The highest BCUT2D eigenvalue weighted by molar-refractivity contribution is 5.90. The van der Waals surface area contributed by atoms with Crippen LogP contribution in [0.15, 0.2) is 34.9 Å². The number of hydrogen-bond acceptors (Lipinski definition) is 6. The molecular formula is C21H17F3N4O4. The molecule has 8 nitrogen and oxygen atoms in total. The molecule has 11 heteroatoms. The molecule has 1 fully saturated rings. The summed E-state index contributed by atoms with van der Waals surface area (Å²) in [6, 6.07) is 5.53. The third-order valence-electron chi connectivity index (χ3n) is 4.82. The number of carbonyl (C=O) groups excluding carboxylic acids is 2. The van der Waals surface area contributed by atoms with Gasteiger partial charge in [-0.25, -0.2) is 18.0 Å². The van der Waals surface area contributed by atoms with Crippen molar-refractivity contribution in [1.82, 2.24) is 15.5 Å². The lowest BCUT2D eigenvalue weighted by atomic mass is 10.0. The Kier molecular flexibility index (Phi) is 5.56. The van der Waals surface area contributed by atoms with Crippen molar-refractivity contribution >= 4 is 17.7 Å². The number of hydrogen-bond donors (Lipinski definition) is 1. The maximum Gasteiger partial charge on any atom is 0.414 e. The van der Waals surface area contributed by atoms with Crippen LogP contribution in [-0.4, -0.2) is 41.3 Å². The number of aromatic nitrogens is 2. The molecule has 1 atom stereocenters. The van der Waals surface area contributed by atoms with E-state index in [9.17, 15) is 22.8 Å². The molecule has 3 aromatic rings. The van der Waals surface area contributed by atoms with E-state index in [1.54, 1.807) is 6.92 Å². The molecule has 2 heterocycles. The van der Waals surface area contributed by atoms with Gasteiger partial charge in [0, 0.05) is 13.8 Å². The van der Waals surface area contributed by atoms with Crippen LogP contribution in [0.4, 0.5) is 23.7 Å². The predicted molar refractivity (Wildman–Crippen MR) is 106 cm³/mol. The van der Waals surface area contributed by atoms with Gasteiger partial charge in [0.15, 0.2) is 0 Å². The highest BCUT2D eigenvalue weighted by Gasteiger charge is 2.33. The van der Waals surface area contributed by atoms with Gasteiger partial charge in [0.25, 0.3) is 0 Å². The first-order valence-electron chi connectivity index (χ1n) is 9.55. The first-order valence-corrected chi connectivity index (χ1v) is 9.55. The second-order valence-electron chi connectivity index (χ2n) is 7.17. The van der Waals surface area contributed by atoms with Gasteiger partial charge in [-0.1, -0.05) is 11.2 Å². The maximum atomic E-state index is 14.8. The minimum atomic E-state index is -0.985. The van der Waals surface area contributed by atoms with Crippen molar-refractivity contribution in [3.63, 3.8) is 0 Å². The van der Waals surface area contributed by atoms with E-state index in [-0.39, 0.29) is 47.5 Å². The highest BCUT2D eigenvalue weighted by atomic mass is 19.1. The van der Waals surface area contributed by atoms with Crippen LogP contribution in [-0.2, 0) is 9.53 Å². The standard InChI is InChI=1S/C21H17F3N4O4/c1-10(29)25-8-14-9-28(21(30)31-14)13-6-17(23)19(18(24)7-13)12-3-4-15(16(22)5-12)20-26-11(2)32-27-20/h3-7,14H,8-9H2,1-2H3,(H,25,29)/t14-/m0/s1. The molecule has 4 rings (SSSR count). The number of aryl methyl sites for hydroxylation is 1. The molecule has 166 valence electrons. The van der Waals surface area contributed by atoms with Crippen molar-refractivity contribution in [3.05, 3.63) is 53.7 Å². The third-order valence-corrected chi connectivity index (χ3v) is 4.82. The van der Waals surface area contributed by atoms with Crippen molar-refractivity contribution in [2.45, 2.75) is 20.0 Å². The van der Waals surface area contributed by atoms with Gasteiger partial charge in [-0.2, -0.15) is 4.98 Å².